The number of piperidine rings is 1. The number of amides is 1. The summed E-state index contributed by atoms with van der Waals surface area (Å²) in [4.78, 5) is 21.8. The van der Waals surface area contributed by atoms with Crippen molar-refractivity contribution in [1.29, 1.82) is 0 Å². The number of rotatable bonds is 5. The van der Waals surface area contributed by atoms with Gasteiger partial charge in [-0.1, -0.05) is 6.07 Å². The van der Waals surface area contributed by atoms with Gasteiger partial charge in [-0.3, -0.25) is 14.4 Å². The van der Waals surface area contributed by atoms with Gasteiger partial charge in [0.15, 0.2) is 0 Å². The minimum atomic E-state index is -0.542. The molecule has 4 heterocycles. The van der Waals surface area contributed by atoms with Gasteiger partial charge >= 0.3 is 0 Å². The number of methoxy groups -OCH3 is 1. The van der Waals surface area contributed by atoms with Crippen LogP contribution in [0.25, 0.3) is 0 Å². The van der Waals surface area contributed by atoms with Crippen molar-refractivity contribution in [3.05, 3.63) is 42.4 Å². The fourth-order valence-electron chi connectivity index (χ4n) is 3.93. The van der Waals surface area contributed by atoms with Crippen LogP contribution in [0.3, 0.4) is 0 Å². The van der Waals surface area contributed by atoms with Crippen molar-refractivity contribution in [2.45, 2.75) is 31.3 Å². The highest BCUT2D eigenvalue weighted by Crippen LogP contribution is 2.34. The van der Waals surface area contributed by atoms with E-state index in [1.54, 1.807) is 19.5 Å². The first-order valence-electron chi connectivity index (χ1n) is 9.23. The van der Waals surface area contributed by atoms with Gasteiger partial charge in [0.2, 0.25) is 5.88 Å². The zero-order valence-corrected chi connectivity index (χ0v) is 15.2. The number of aromatic nitrogens is 3. The molecule has 1 amide bonds. The van der Waals surface area contributed by atoms with E-state index < -0.39 is 5.54 Å². The Hall–Kier alpha value is -2.41. The van der Waals surface area contributed by atoms with Gasteiger partial charge in [0.05, 0.1) is 7.11 Å². The van der Waals surface area contributed by atoms with E-state index in [2.05, 4.69) is 15.0 Å². The van der Waals surface area contributed by atoms with E-state index in [4.69, 9.17) is 4.74 Å². The highest BCUT2D eigenvalue weighted by Gasteiger charge is 2.46. The molecule has 2 aromatic rings. The average Bonchev–Trinajstić information content (AvgIpc) is 3.16. The quantitative estimate of drug-likeness (QED) is 0.814. The monoisotopic (exact) mass is 355 g/mol. The number of hydrogen-bond acceptors (Lipinski definition) is 5. The van der Waals surface area contributed by atoms with Crippen LogP contribution in [0.5, 0.6) is 5.88 Å². The second kappa shape index (κ2) is 7.07. The summed E-state index contributed by atoms with van der Waals surface area (Å²) in [5, 5.41) is 4.43. The molecule has 2 aliphatic heterocycles. The molecule has 2 aliphatic rings. The predicted octanol–water partition coefficient (Wildman–Crippen LogP) is 1.51. The van der Waals surface area contributed by atoms with Crippen molar-refractivity contribution in [1.82, 2.24) is 24.6 Å². The molecule has 0 spiro atoms. The van der Waals surface area contributed by atoms with Crippen LogP contribution >= 0.6 is 0 Å². The number of carbonyl (C=O) groups excluding carboxylic acids is 1. The molecule has 0 atom stereocenters. The van der Waals surface area contributed by atoms with Gasteiger partial charge in [0.25, 0.3) is 5.91 Å². The Labute approximate surface area is 153 Å². The third-order valence-electron chi connectivity index (χ3n) is 5.60. The van der Waals surface area contributed by atoms with E-state index in [0.717, 1.165) is 57.5 Å². The maximum Gasteiger partial charge on any atom is 0.250 e. The smallest absolute Gasteiger partial charge is 0.250 e. The minimum Gasteiger partial charge on any atom is -0.481 e. The summed E-state index contributed by atoms with van der Waals surface area (Å²) in [7, 11) is 1.65. The van der Waals surface area contributed by atoms with E-state index in [1.807, 2.05) is 34.0 Å². The molecule has 7 nitrogen and oxygen atoms in total. The van der Waals surface area contributed by atoms with E-state index in [1.165, 1.54) is 0 Å². The summed E-state index contributed by atoms with van der Waals surface area (Å²) in [6.07, 6.45) is 8.08. The van der Waals surface area contributed by atoms with Gasteiger partial charge in [0, 0.05) is 56.9 Å². The second-order valence-corrected chi connectivity index (χ2v) is 7.08. The zero-order chi connectivity index (χ0) is 18.0. The van der Waals surface area contributed by atoms with Crippen LogP contribution in [0.2, 0.25) is 0 Å². The molecule has 0 bridgehead atoms. The minimum absolute atomic E-state index is 0.228. The molecule has 0 saturated carbocycles. The van der Waals surface area contributed by atoms with Gasteiger partial charge < -0.3 is 9.64 Å². The first kappa shape index (κ1) is 17.0. The molecule has 0 aromatic carbocycles. The molecule has 0 unspecified atom stereocenters. The van der Waals surface area contributed by atoms with Crippen molar-refractivity contribution in [2.24, 2.45) is 0 Å². The molecule has 7 heteroatoms. The third kappa shape index (κ3) is 2.96. The van der Waals surface area contributed by atoms with Crippen molar-refractivity contribution < 1.29 is 9.53 Å². The van der Waals surface area contributed by atoms with Gasteiger partial charge in [-0.15, -0.1) is 0 Å². The Bertz CT molecular complexity index is 749. The van der Waals surface area contributed by atoms with Gasteiger partial charge in [0.1, 0.15) is 5.54 Å². The molecule has 0 radical (unpaired) electrons. The number of nitrogens with zero attached hydrogens (tertiary/aromatic N) is 5. The van der Waals surface area contributed by atoms with Crippen molar-refractivity contribution in [3.8, 4) is 5.88 Å². The summed E-state index contributed by atoms with van der Waals surface area (Å²) in [6.45, 7) is 4.22. The van der Waals surface area contributed by atoms with Crippen LogP contribution in [0.1, 0.15) is 24.8 Å². The highest BCUT2D eigenvalue weighted by atomic mass is 16.5. The Kier molecular flexibility index (Phi) is 4.63. The van der Waals surface area contributed by atoms with Crippen LogP contribution in [0, 0.1) is 0 Å². The highest BCUT2D eigenvalue weighted by molar-refractivity contribution is 5.85. The first-order chi connectivity index (χ1) is 12.7. The summed E-state index contributed by atoms with van der Waals surface area (Å²) < 4.78 is 7.25. The molecule has 4 rings (SSSR count). The van der Waals surface area contributed by atoms with Gasteiger partial charge in [-0.05, 0) is 31.4 Å². The van der Waals surface area contributed by atoms with E-state index in [-0.39, 0.29) is 5.91 Å². The number of ether oxygens (including phenoxy) is 1. The maximum atomic E-state index is 13.2. The number of pyridine rings is 1. The largest absolute Gasteiger partial charge is 0.481 e. The lowest BCUT2D eigenvalue weighted by Gasteiger charge is -2.45. The van der Waals surface area contributed by atoms with Crippen LogP contribution in [0.4, 0.5) is 0 Å². The maximum absolute atomic E-state index is 13.2. The lowest BCUT2D eigenvalue weighted by molar-refractivity contribution is -0.148. The van der Waals surface area contributed by atoms with Crippen LogP contribution < -0.4 is 4.74 Å². The predicted molar refractivity (Wildman–Crippen MR) is 96.7 cm³/mol. The molecular formula is C19H25N5O2. The summed E-state index contributed by atoms with van der Waals surface area (Å²) in [5.74, 6) is 0.902. The number of likely N-dealkylation sites (tertiary alicyclic amines) is 2. The Morgan fingerprint density at radius 3 is 2.62 bits per heavy atom. The first-order valence-corrected chi connectivity index (χ1v) is 9.23. The normalized spacial score (nSPS) is 19.8. The number of carbonyl (C=O) groups is 1. The Balaban J connectivity index is 1.50. The van der Waals surface area contributed by atoms with Crippen molar-refractivity contribution in [3.63, 3.8) is 0 Å². The number of hydrogen-bond donors (Lipinski definition) is 0. The molecule has 138 valence electrons. The van der Waals surface area contributed by atoms with Gasteiger partial charge in [-0.25, -0.2) is 4.98 Å². The van der Waals surface area contributed by atoms with Crippen LogP contribution in [-0.2, 0) is 16.9 Å². The molecule has 0 N–H and O–H groups in total. The SMILES string of the molecule is COc1ncccc1CN1CCC(C(=O)N2CCC2)(n2cccn2)CC1. The zero-order valence-electron chi connectivity index (χ0n) is 15.2. The molecular weight excluding hydrogens is 330 g/mol. The molecule has 2 aromatic heterocycles. The second-order valence-electron chi connectivity index (χ2n) is 7.08. The molecule has 0 aliphatic carbocycles. The molecule has 2 fully saturated rings. The average molecular weight is 355 g/mol. The van der Waals surface area contributed by atoms with Crippen molar-refractivity contribution >= 4 is 5.91 Å². The molecule has 26 heavy (non-hydrogen) atoms. The fourth-order valence-corrected chi connectivity index (χ4v) is 3.93. The third-order valence-corrected chi connectivity index (χ3v) is 5.60. The lowest BCUT2D eigenvalue weighted by Crippen LogP contribution is -2.59. The Morgan fingerprint density at radius 2 is 2.00 bits per heavy atom. The standard InChI is InChI=1S/C19H25N5O2/c1-26-17-16(5-2-8-20-17)15-22-13-6-19(7-14-22,24-12-3-9-21-24)18(25)23-10-4-11-23/h2-3,5,8-9,12H,4,6-7,10-11,13-15H2,1H3. The summed E-state index contributed by atoms with van der Waals surface area (Å²) in [5.41, 5.74) is 0.537. The Morgan fingerprint density at radius 1 is 1.19 bits per heavy atom. The summed E-state index contributed by atoms with van der Waals surface area (Å²) >= 11 is 0. The lowest BCUT2D eigenvalue weighted by atomic mass is 9.85. The van der Waals surface area contributed by atoms with Gasteiger partial charge in [-0.2, -0.15) is 5.10 Å². The summed E-state index contributed by atoms with van der Waals surface area (Å²) in [6, 6.07) is 5.88. The van der Waals surface area contributed by atoms with E-state index in [9.17, 15) is 4.79 Å². The fraction of sp³-hybridized carbons (Fsp3) is 0.526. The molecule has 2 saturated heterocycles. The van der Waals surface area contributed by atoms with Crippen molar-refractivity contribution in [2.75, 3.05) is 33.3 Å². The topological polar surface area (TPSA) is 63.5 Å². The van der Waals surface area contributed by atoms with E-state index >= 15 is 0 Å². The van der Waals surface area contributed by atoms with E-state index in [0.29, 0.717) is 5.88 Å². The van der Waals surface area contributed by atoms with Crippen LogP contribution in [-0.4, -0.2) is 63.8 Å². The van der Waals surface area contributed by atoms with Crippen LogP contribution in [0.15, 0.2) is 36.8 Å².